The molecule has 0 aromatic carbocycles. The topological polar surface area (TPSA) is 88.6 Å². The lowest BCUT2D eigenvalue weighted by Crippen LogP contribution is -2.40. The number of hydrogen-bond acceptors (Lipinski definition) is 4. The monoisotopic (exact) mass is 317 g/mol. The average Bonchev–Trinajstić information content (AvgIpc) is 3.18. The molecule has 0 unspecified atom stereocenters. The number of aromatic nitrogens is 2. The van der Waals surface area contributed by atoms with Crippen molar-refractivity contribution < 1.29 is 19.2 Å². The Kier molecular flexibility index (Phi) is 3.71. The van der Waals surface area contributed by atoms with E-state index in [1.54, 1.807) is 19.1 Å². The summed E-state index contributed by atoms with van der Waals surface area (Å²) in [7, 11) is 0. The summed E-state index contributed by atoms with van der Waals surface area (Å²) in [6, 6.07) is 2.84. The summed E-state index contributed by atoms with van der Waals surface area (Å²) in [6.07, 6.45) is 1.21. The first-order valence-corrected chi connectivity index (χ1v) is 7.56. The SMILES string of the molecule is Cc1cc(-n2c(C)cc(C(=O)N3CCC[C@H]3C(=O)O)c2C)no1. The van der Waals surface area contributed by atoms with Crippen molar-refractivity contribution in [2.45, 2.75) is 39.7 Å². The summed E-state index contributed by atoms with van der Waals surface area (Å²) in [5.41, 5.74) is 2.10. The highest BCUT2D eigenvalue weighted by Crippen LogP contribution is 2.25. The van der Waals surface area contributed by atoms with Crippen LogP contribution in [0.1, 0.15) is 40.3 Å². The first-order chi connectivity index (χ1) is 10.9. The van der Waals surface area contributed by atoms with E-state index in [-0.39, 0.29) is 5.91 Å². The van der Waals surface area contributed by atoms with Gasteiger partial charge in [0.05, 0.1) is 5.56 Å². The standard InChI is InChI=1S/C16H19N3O4/c1-9-7-12(11(3)19(9)14-8-10(2)23-17-14)15(20)18-6-4-5-13(18)16(21)22/h7-8,13H,4-6H2,1-3H3,(H,21,22)/t13-/m0/s1. The van der Waals surface area contributed by atoms with Gasteiger partial charge in [0.15, 0.2) is 5.82 Å². The maximum Gasteiger partial charge on any atom is 0.326 e. The maximum absolute atomic E-state index is 12.8. The molecule has 1 amide bonds. The molecule has 2 aromatic rings. The number of rotatable bonds is 3. The molecular weight excluding hydrogens is 298 g/mol. The molecule has 122 valence electrons. The van der Waals surface area contributed by atoms with Crippen molar-refractivity contribution in [1.82, 2.24) is 14.6 Å². The Morgan fingerprint density at radius 1 is 1.30 bits per heavy atom. The minimum absolute atomic E-state index is 0.241. The van der Waals surface area contributed by atoms with Crippen molar-refractivity contribution in [3.05, 3.63) is 34.8 Å². The molecule has 0 radical (unpaired) electrons. The summed E-state index contributed by atoms with van der Waals surface area (Å²) in [5, 5.41) is 13.3. The number of nitrogens with zero attached hydrogens (tertiary/aromatic N) is 3. The molecule has 0 saturated carbocycles. The average molecular weight is 317 g/mol. The van der Waals surface area contributed by atoms with Crippen LogP contribution in [0.15, 0.2) is 16.7 Å². The predicted octanol–water partition coefficient (Wildman–Crippen LogP) is 2.08. The lowest BCUT2D eigenvalue weighted by atomic mass is 10.2. The van der Waals surface area contributed by atoms with E-state index >= 15 is 0 Å². The minimum atomic E-state index is -0.947. The fraction of sp³-hybridized carbons (Fsp3) is 0.438. The molecular formula is C16H19N3O4. The van der Waals surface area contributed by atoms with E-state index in [1.165, 1.54) is 4.90 Å². The number of hydrogen-bond donors (Lipinski definition) is 1. The molecule has 7 heteroatoms. The Hall–Kier alpha value is -2.57. The zero-order valence-corrected chi connectivity index (χ0v) is 13.4. The second kappa shape index (κ2) is 5.57. The number of aryl methyl sites for hydroxylation is 2. The molecule has 1 aliphatic heterocycles. The third kappa shape index (κ3) is 2.52. The van der Waals surface area contributed by atoms with Gasteiger partial charge in [-0.2, -0.15) is 0 Å². The van der Waals surface area contributed by atoms with Gasteiger partial charge in [-0.1, -0.05) is 5.16 Å². The molecule has 0 bridgehead atoms. The van der Waals surface area contributed by atoms with Crippen molar-refractivity contribution in [2.75, 3.05) is 6.54 Å². The Balaban J connectivity index is 1.98. The summed E-state index contributed by atoms with van der Waals surface area (Å²) in [6.45, 7) is 5.99. The third-order valence-electron chi connectivity index (χ3n) is 4.30. The van der Waals surface area contributed by atoms with E-state index in [1.807, 2.05) is 18.4 Å². The normalized spacial score (nSPS) is 17.7. The second-order valence-electron chi connectivity index (χ2n) is 5.91. The van der Waals surface area contributed by atoms with Crippen LogP contribution in [0.3, 0.4) is 0 Å². The van der Waals surface area contributed by atoms with E-state index in [0.29, 0.717) is 36.5 Å². The first kappa shape index (κ1) is 15.3. The van der Waals surface area contributed by atoms with Crippen molar-refractivity contribution >= 4 is 11.9 Å². The molecule has 0 spiro atoms. The summed E-state index contributed by atoms with van der Waals surface area (Å²) in [4.78, 5) is 25.5. The van der Waals surface area contributed by atoms with E-state index in [4.69, 9.17) is 4.52 Å². The van der Waals surface area contributed by atoms with Gasteiger partial charge in [-0.3, -0.25) is 9.36 Å². The minimum Gasteiger partial charge on any atom is -0.480 e. The second-order valence-corrected chi connectivity index (χ2v) is 5.91. The smallest absolute Gasteiger partial charge is 0.326 e. The van der Waals surface area contributed by atoms with Crippen LogP contribution in [0.4, 0.5) is 0 Å². The quantitative estimate of drug-likeness (QED) is 0.936. The zero-order chi connectivity index (χ0) is 16.7. The van der Waals surface area contributed by atoms with Crippen LogP contribution in [0.5, 0.6) is 0 Å². The van der Waals surface area contributed by atoms with Crippen LogP contribution in [-0.2, 0) is 4.79 Å². The molecule has 1 atom stereocenters. The van der Waals surface area contributed by atoms with Crippen molar-refractivity contribution in [1.29, 1.82) is 0 Å². The van der Waals surface area contributed by atoms with Gasteiger partial charge in [-0.15, -0.1) is 0 Å². The number of aliphatic carboxylic acids is 1. The largest absolute Gasteiger partial charge is 0.480 e. The molecule has 1 fully saturated rings. The molecule has 23 heavy (non-hydrogen) atoms. The van der Waals surface area contributed by atoms with Crippen molar-refractivity contribution in [3.8, 4) is 5.82 Å². The predicted molar refractivity (Wildman–Crippen MR) is 81.7 cm³/mol. The van der Waals surface area contributed by atoms with Gasteiger partial charge < -0.3 is 14.5 Å². The summed E-state index contributed by atoms with van der Waals surface area (Å²) < 4.78 is 6.95. The van der Waals surface area contributed by atoms with Gasteiger partial charge in [-0.05, 0) is 39.7 Å². The van der Waals surface area contributed by atoms with E-state index < -0.39 is 12.0 Å². The molecule has 3 heterocycles. The molecule has 1 N–H and O–H groups in total. The van der Waals surface area contributed by atoms with Crippen molar-refractivity contribution in [3.63, 3.8) is 0 Å². The molecule has 1 aliphatic rings. The van der Waals surface area contributed by atoms with Crippen LogP contribution in [0, 0.1) is 20.8 Å². The van der Waals surface area contributed by atoms with Gasteiger partial charge in [0.1, 0.15) is 11.8 Å². The van der Waals surface area contributed by atoms with Gasteiger partial charge >= 0.3 is 5.97 Å². The summed E-state index contributed by atoms with van der Waals surface area (Å²) in [5.74, 6) is 0.116. The lowest BCUT2D eigenvalue weighted by Gasteiger charge is -2.21. The Bertz CT molecular complexity index is 774. The number of carbonyl (C=O) groups is 2. The van der Waals surface area contributed by atoms with Crippen LogP contribution in [0.2, 0.25) is 0 Å². The van der Waals surface area contributed by atoms with E-state index in [2.05, 4.69) is 5.16 Å². The van der Waals surface area contributed by atoms with Crippen LogP contribution < -0.4 is 0 Å². The Labute approximate surface area is 133 Å². The molecule has 1 saturated heterocycles. The Morgan fingerprint density at radius 3 is 2.65 bits per heavy atom. The summed E-state index contributed by atoms with van der Waals surface area (Å²) >= 11 is 0. The van der Waals surface area contributed by atoms with E-state index in [9.17, 15) is 14.7 Å². The van der Waals surface area contributed by atoms with Gasteiger partial charge in [-0.25, -0.2) is 4.79 Å². The van der Waals surface area contributed by atoms with Gasteiger partial charge in [0.2, 0.25) is 0 Å². The fourth-order valence-corrected chi connectivity index (χ4v) is 3.21. The third-order valence-corrected chi connectivity index (χ3v) is 4.30. The Morgan fingerprint density at radius 2 is 2.04 bits per heavy atom. The number of carbonyl (C=O) groups excluding carboxylic acids is 1. The maximum atomic E-state index is 12.8. The van der Waals surface area contributed by atoms with Gasteiger partial charge in [0.25, 0.3) is 5.91 Å². The highest BCUT2D eigenvalue weighted by molar-refractivity contribution is 5.98. The van der Waals surface area contributed by atoms with Crippen LogP contribution in [-0.4, -0.2) is 44.2 Å². The number of amides is 1. The fourth-order valence-electron chi connectivity index (χ4n) is 3.21. The zero-order valence-electron chi connectivity index (χ0n) is 13.4. The number of carboxylic acids is 1. The highest BCUT2D eigenvalue weighted by atomic mass is 16.5. The molecule has 0 aliphatic carbocycles. The van der Waals surface area contributed by atoms with Crippen molar-refractivity contribution in [2.24, 2.45) is 0 Å². The number of carboxylic acid groups (broad SMARTS) is 1. The molecule has 2 aromatic heterocycles. The van der Waals surface area contributed by atoms with Crippen LogP contribution >= 0.6 is 0 Å². The molecule has 7 nitrogen and oxygen atoms in total. The molecule has 3 rings (SSSR count). The number of likely N-dealkylation sites (tertiary alicyclic amines) is 1. The first-order valence-electron chi connectivity index (χ1n) is 7.56. The van der Waals surface area contributed by atoms with E-state index in [0.717, 1.165) is 11.4 Å². The van der Waals surface area contributed by atoms with Crippen LogP contribution in [0.25, 0.3) is 5.82 Å². The lowest BCUT2D eigenvalue weighted by molar-refractivity contribution is -0.141. The van der Waals surface area contributed by atoms with Gasteiger partial charge in [0, 0.05) is 24.0 Å². The highest BCUT2D eigenvalue weighted by Gasteiger charge is 2.35.